The van der Waals surface area contributed by atoms with Gasteiger partial charge < -0.3 is 24.8 Å². The van der Waals surface area contributed by atoms with Gasteiger partial charge in [0.25, 0.3) is 5.91 Å². The molecule has 1 aliphatic heterocycles. The lowest BCUT2D eigenvalue weighted by Gasteiger charge is -2.40. The highest BCUT2D eigenvalue weighted by Crippen LogP contribution is 2.32. The quantitative estimate of drug-likeness (QED) is 0.284. The molecule has 3 N–H and O–H groups in total. The molecule has 1 amide bonds. The fourth-order valence-corrected chi connectivity index (χ4v) is 5.17. The molecule has 3 aromatic carbocycles. The fourth-order valence-electron chi connectivity index (χ4n) is 5.17. The summed E-state index contributed by atoms with van der Waals surface area (Å²) in [5.41, 5.74) is 4.07. The van der Waals surface area contributed by atoms with Gasteiger partial charge in [-0.25, -0.2) is 13.8 Å². The second-order valence-electron chi connectivity index (χ2n) is 10.4. The van der Waals surface area contributed by atoms with Gasteiger partial charge in [-0.3, -0.25) is 9.89 Å². The molecule has 2 unspecified atom stereocenters. The smallest absolute Gasteiger partial charge is 0.258 e. The Labute approximate surface area is 229 Å². The Morgan fingerprint density at radius 3 is 2.83 bits per heavy atom. The third kappa shape index (κ3) is 4.89. The van der Waals surface area contributed by atoms with Crippen LogP contribution in [0.15, 0.2) is 54.6 Å². The van der Waals surface area contributed by atoms with Crippen LogP contribution in [0, 0.1) is 11.6 Å². The number of rotatable bonds is 6. The van der Waals surface area contributed by atoms with Crippen molar-refractivity contribution in [1.82, 2.24) is 25.1 Å². The lowest BCUT2D eigenvalue weighted by atomic mass is 10.1. The number of morpholine rings is 1. The van der Waals surface area contributed by atoms with Gasteiger partial charge in [-0.05, 0) is 57.4 Å². The number of carbonyl (C=O) groups excluding carboxylic acids is 1. The summed E-state index contributed by atoms with van der Waals surface area (Å²) < 4.78 is 33.4. The van der Waals surface area contributed by atoms with Crippen molar-refractivity contribution in [2.75, 3.05) is 44.0 Å². The number of benzene rings is 3. The van der Waals surface area contributed by atoms with Crippen LogP contribution in [0.1, 0.15) is 17.3 Å². The van der Waals surface area contributed by atoms with E-state index in [4.69, 9.17) is 9.72 Å². The summed E-state index contributed by atoms with van der Waals surface area (Å²) in [5.74, 6) is -1.80. The fraction of sp³-hybridized carbons (Fsp3) is 0.276. The number of nitrogens with zero attached hydrogens (tertiary/aromatic N) is 4. The van der Waals surface area contributed by atoms with Crippen molar-refractivity contribution in [3.63, 3.8) is 0 Å². The predicted octanol–water partition coefficient (Wildman–Crippen LogP) is 4.79. The number of H-pyrrole nitrogens is 2. The zero-order chi connectivity index (χ0) is 28.0. The molecule has 0 aliphatic carbocycles. The molecule has 9 nitrogen and oxygen atoms in total. The number of fused-ring (bicyclic) bond motifs is 2. The maximum absolute atomic E-state index is 14.1. The van der Waals surface area contributed by atoms with Crippen molar-refractivity contribution < 1.29 is 18.3 Å². The second kappa shape index (κ2) is 10.3. The number of imidazole rings is 1. The minimum absolute atomic E-state index is 0.129. The van der Waals surface area contributed by atoms with E-state index in [9.17, 15) is 13.6 Å². The highest BCUT2D eigenvalue weighted by molar-refractivity contribution is 6.10. The van der Waals surface area contributed by atoms with Crippen molar-refractivity contribution in [1.29, 1.82) is 0 Å². The summed E-state index contributed by atoms with van der Waals surface area (Å²) in [4.78, 5) is 25.4. The van der Waals surface area contributed by atoms with E-state index < -0.39 is 17.5 Å². The van der Waals surface area contributed by atoms with Crippen molar-refractivity contribution in [2.24, 2.45) is 0 Å². The lowest BCUT2D eigenvalue weighted by Crippen LogP contribution is -2.51. The van der Waals surface area contributed by atoms with Crippen LogP contribution in [0.5, 0.6) is 0 Å². The summed E-state index contributed by atoms with van der Waals surface area (Å²) in [6, 6.07) is 14.5. The van der Waals surface area contributed by atoms with E-state index in [2.05, 4.69) is 49.4 Å². The zero-order valence-electron chi connectivity index (χ0n) is 22.3. The van der Waals surface area contributed by atoms with Gasteiger partial charge in [0, 0.05) is 36.3 Å². The van der Waals surface area contributed by atoms with Gasteiger partial charge >= 0.3 is 0 Å². The summed E-state index contributed by atoms with van der Waals surface area (Å²) in [7, 11) is 4.09. The highest BCUT2D eigenvalue weighted by Gasteiger charge is 2.27. The minimum atomic E-state index is -0.934. The van der Waals surface area contributed by atoms with E-state index in [-0.39, 0.29) is 17.7 Å². The number of halogens is 2. The van der Waals surface area contributed by atoms with Gasteiger partial charge in [0.1, 0.15) is 17.3 Å². The first kappa shape index (κ1) is 25.9. The molecule has 5 aromatic rings. The van der Waals surface area contributed by atoms with Crippen LogP contribution >= 0.6 is 0 Å². The lowest BCUT2D eigenvalue weighted by molar-refractivity contribution is 0.00880. The normalized spacial score (nSPS) is 17.7. The SMILES string of the molecule is CC1COC(CN(C)C)CN1c1ccc2nc(-c3n[nH]c4c(NC(=O)c5ccc(F)cc5F)cccc34)[nH]c2c1. The number of hydrogen-bond acceptors (Lipinski definition) is 6. The van der Waals surface area contributed by atoms with Crippen LogP contribution in [-0.4, -0.2) is 76.9 Å². The molecular formula is C29H29F2N7O2. The van der Waals surface area contributed by atoms with Gasteiger partial charge in [0.05, 0.1) is 40.5 Å². The van der Waals surface area contributed by atoms with Gasteiger partial charge in [-0.15, -0.1) is 0 Å². The number of para-hydroxylation sites is 1. The first-order valence-corrected chi connectivity index (χ1v) is 13.0. The van der Waals surface area contributed by atoms with Crippen molar-refractivity contribution in [3.8, 4) is 11.5 Å². The molecule has 3 heterocycles. The van der Waals surface area contributed by atoms with E-state index in [0.29, 0.717) is 35.4 Å². The maximum Gasteiger partial charge on any atom is 0.258 e. The molecule has 2 atom stereocenters. The average molecular weight is 546 g/mol. The maximum atomic E-state index is 14.1. The molecule has 40 heavy (non-hydrogen) atoms. The molecular weight excluding hydrogens is 516 g/mol. The number of anilines is 2. The van der Waals surface area contributed by atoms with Crippen LogP contribution in [0.25, 0.3) is 33.5 Å². The summed E-state index contributed by atoms with van der Waals surface area (Å²) in [6.07, 6.45) is 0.129. The van der Waals surface area contributed by atoms with Crippen LogP contribution in [0.3, 0.4) is 0 Å². The molecule has 1 saturated heterocycles. The number of ether oxygens (including phenoxy) is 1. The Kier molecular flexibility index (Phi) is 6.68. The Balaban J connectivity index is 1.28. The Morgan fingerprint density at radius 1 is 1.18 bits per heavy atom. The van der Waals surface area contributed by atoms with Crippen molar-refractivity contribution >= 4 is 39.2 Å². The number of nitrogens with one attached hydrogen (secondary N) is 3. The molecule has 206 valence electrons. The van der Waals surface area contributed by atoms with Gasteiger partial charge in [-0.2, -0.15) is 5.10 Å². The van der Waals surface area contributed by atoms with Gasteiger partial charge in [0.2, 0.25) is 0 Å². The summed E-state index contributed by atoms with van der Waals surface area (Å²) in [6.45, 7) is 4.47. The second-order valence-corrected chi connectivity index (χ2v) is 10.4. The number of hydrogen-bond donors (Lipinski definition) is 3. The predicted molar refractivity (Wildman–Crippen MR) is 151 cm³/mol. The standard InChI is InChI=1S/C29H29F2N7O2/c1-16-15-40-19(13-37(2)3)14-38(16)18-8-10-23-25(12-18)33-28(32-23)27-21-5-4-6-24(26(21)35-36-27)34-29(39)20-9-7-17(30)11-22(20)31/h4-12,16,19H,13-15H2,1-3H3,(H,32,33)(H,34,39)(H,35,36). The number of carbonyl (C=O) groups is 1. The molecule has 11 heteroatoms. The molecule has 0 bridgehead atoms. The Morgan fingerprint density at radius 2 is 2.02 bits per heavy atom. The van der Waals surface area contributed by atoms with Crippen LogP contribution < -0.4 is 10.2 Å². The number of aromatic amines is 2. The van der Waals surface area contributed by atoms with Crippen LogP contribution in [-0.2, 0) is 4.74 Å². The number of likely N-dealkylation sites (N-methyl/N-ethyl adjacent to an activating group) is 1. The van der Waals surface area contributed by atoms with Crippen molar-refractivity contribution in [2.45, 2.75) is 19.1 Å². The molecule has 6 rings (SSSR count). The molecule has 0 radical (unpaired) electrons. The largest absolute Gasteiger partial charge is 0.373 e. The molecule has 2 aromatic heterocycles. The third-order valence-corrected chi connectivity index (χ3v) is 7.12. The van der Waals surface area contributed by atoms with E-state index in [1.54, 1.807) is 12.1 Å². The first-order chi connectivity index (χ1) is 19.3. The monoisotopic (exact) mass is 545 g/mol. The van der Waals surface area contributed by atoms with Crippen LogP contribution in [0.4, 0.5) is 20.2 Å². The molecule has 0 saturated carbocycles. The number of amides is 1. The first-order valence-electron chi connectivity index (χ1n) is 13.0. The Bertz CT molecular complexity index is 1710. The molecule has 1 fully saturated rings. The molecule has 0 spiro atoms. The van der Waals surface area contributed by atoms with E-state index in [0.717, 1.165) is 47.3 Å². The van der Waals surface area contributed by atoms with E-state index in [1.807, 2.05) is 26.2 Å². The third-order valence-electron chi connectivity index (χ3n) is 7.12. The number of aromatic nitrogens is 4. The van der Waals surface area contributed by atoms with E-state index in [1.165, 1.54) is 0 Å². The summed E-state index contributed by atoms with van der Waals surface area (Å²) >= 11 is 0. The average Bonchev–Trinajstić information content (AvgIpc) is 3.53. The van der Waals surface area contributed by atoms with Gasteiger partial charge in [-0.1, -0.05) is 12.1 Å². The highest BCUT2D eigenvalue weighted by atomic mass is 19.1. The summed E-state index contributed by atoms with van der Waals surface area (Å²) in [5, 5.41) is 10.9. The molecule has 1 aliphatic rings. The van der Waals surface area contributed by atoms with Crippen LogP contribution in [0.2, 0.25) is 0 Å². The Hall–Kier alpha value is -4.35. The van der Waals surface area contributed by atoms with E-state index >= 15 is 0 Å². The van der Waals surface area contributed by atoms with Gasteiger partial charge in [0.15, 0.2) is 5.82 Å². The zero-order valence-corrected chi connectivity index (χ0v) is 22.3. The topological polar surface area (TPSA) is 102 Å². The van der Waals surface area contributed by atoms with Crippen molar-refractivity contribution in [3.05, 3.63) is 71.8 Å². The minimum Gasteiger partial charge on any atom is -0.373 e.